The molecule has 0 bridgehead atoms. The Morgan fingerprint density at radius 1 is 1.17 bits per heavy atom. The van der Waals surface area contributed by atoms with E-state index in [9.17, 15) is 4.39 Å². The summed E-state index contributed by atoms with van der Waals surface area (Å²) in [5.41, 5.74) is 6.09. The average molecular weight is 422 g/mol. The van der Waals surface area contributed by atoms with Crippen LogP contribution in [0.5, 0.6) is 0 Å². The fourth-order valence-electron chi connectivity index (χ4n) is 4.13. The highest BCUT2D eigenvalue weighted by molar-refractivity contribution is 8.00. The van der Waals surface area contributed by atoms with Crippen molar-refractivity contribution in [3.05, 3.63) is 93.9 Å². The molecule has 1 unspecified atom stereocenters. The average Bonchev–Trinajstić information content (AvgIpc) is 3.07. The summed E-state index contributed by atoms with van der Waals surface area (Å²) in [6.45, 7) is 2.16. The molecule has 0 aliphatic heterocycles. The van der Waals surface area contributed by atoms with E-state index in [4.69, 9.17) is 0 Å². The van der Waals surface area contributed by atoms with Crippen molar-refractivity contribution in [2.45, 2.75) is 51.0 Å². The van der Waals surface area contributed by atoms with Gasteiger partial charge in [0.2, 0.25) is 0 Å². The van der Waals surface area contributed by atoms with Gasteiger partial charge in [0.1, 0.15) is 5.82 Å². The third-order valence-electron chi connectivity index (χ3n) is 5.80. The summed E-state index contributed by atoms with van der Waals surface area (Å²) in [5, 5.41) is 10.0. The largest absolute Gasteiger partial charge is 0.281 e. The van der Waals surface area contributed by atoms with E-state index in [1.165, 1.54) is 35.2 Å². The highest BCUT2D eigenvalue weighted by Crippen LogP contribution is 2.34. The first-order chi connectivity index (χ1) is 14.7. The molecule has 0 saturated heterocycles. The summed E-state index contributed by atoms with van der Waals surface area (Å²) in [7, 11) is 0. The zero-order valence-corrected chi connectivity index (χ0v) is 18.1. The molecule has 0 spiro atoms. The van der Waals surface area contributed by atoms with Gasteiger partial charge >= 0.3 is 0 Å². The molecule has 1 aliphatic carbocycles. The molecule has 0 amide bonds. The van der Waals surface area contributed by atoms with Crippen molar-refractivity contribution in [2.75, 3.05) is 0 Å². The number of fused-ring (bicyclic) bond motifs is 1. The van der Waals surface area contributed by atoms with E-state index in [2.05, 4.69) is 57.6 Å². The Hall–Kier alpha value is -2.37. The molecule has 1 aliphatic rings. The Balaban J connectivity index is 1.41. The Morgan fingerprint density at radius 3 is 2.77 bits per heavy atom. The van der Waals surface area contributed by atoms with Gasteiger partial charge in [-0.3, -0.25) is 9.82 Å². The number of nitrogens with one attached hydrogen (secondary N) is 2. The van der Waals surface area contributed by atoms with E-state index < -0.39 is 0 Å². The Bertz CT molecular complexity index is 966. The van der Waals surface area contributed by atoms with Gasteiger partial charge in [-0.25, -0.2) is 4.39 Å². The molecule has 156 valence electrons. The smallest absolute Gasteiger partial charge is 0.123 e. The van der Waals surface area contributed by atoms with Crippen LogP contribution in [0.2, 0.25) is 0 Å². The van der Waals surface area contributed by atoms with Crippen LogP contribution in [0.25, 0.3) is 6.08 Å². The SMILES string of the molecule is C[C@H](NS/C=C/c1n[nH]c2c1CCCCC2Cc1ccc(F)cc1)c1ccccc1. The summed E-state index contributed by atoms with van der Waals surface area (Å²) in [6.07, 6.45) is 7.62. The Labute approximate surface area is 182 Å². The van der Waals surface area contributed by atoms with Gasteiger partial charge in [0.05, 0.1) is 5.69 Å². The zero-order chi connectivity index (χ0) is 20.8. The molecule has 0 radical (unpaired) electrons. The van der Waals surface area contributed by atoms with Gasteiger partial charge < -0.3 is 0 Å². The minimum absolute atomic E-state index is 0.179. The fourth-order valence-corrected chi connectivity index (χ4v) is 4.74. The monoisotopic (exact) mass is 421 g/mol. The normalized spacial score (nSPS) is 17.6. The minimum Gasteiger partial charge on any atom is -0.281 e. The number of aromatic nitrogens is 2. The summed E-state index contributed by atoms with van der Waals surface area (Å²) >= 11 is 1.60. The number of hydrogen-bond acceptors (Lipinski definition) is 3. The van der Waals surface area contributed by atoms with Crippen LogP contribution < -0.4 is 4.72 Å². The molecule has 2 atom stereocenters. The molecule has 2 aromatic carbocycles. The first-order valence-corrected chi connectivity index (χ1v) is 11.5. The Kier molecular flexibility index (Phi) is 7.03. The fraction of sp³-hybridized carbons (Fsp3) is 0.320. The number of H-pyrrole nitrogens is 1. The summed E-state index contributed by atoms with van der Waals surface area (Å²) < 4.78 is 16.7. The third-order valence-corrected chi connectivity index (χ3v) is 6.56. The topological polar surface area (TPSA) is 40.7 Å². The van der Waals surface area contributed by atoms with Crippen LogP contribution in [-0.2, 0) is 12.8 Å². The van der Waals surface area contributed by atoms with E-state index in [-0.39, 0.29) is 11.9 Å². The predicted octanol–water partition coefficient (Wildman–Crippen LogP) is 6.57. The van der Waals surface area contributed by atoms with E-state index in [1.807, 2.05) is 18.2 Å². The van der Waals surface area contributed by atoms with Crippen LogP contribution >= 0.6 is 11.9 Å². The lowest BCUT2D eigenvalue weighted by molar-refractivity contribution is 0.577. The standard InChI is InChI=1S/C25H28FN3S/c1-18(20-7-3-2-4-8-20)29-30-16-15-24-23-10-6-5-9-21(25(23)28-27-24)17-19-11-13-22(26)14-12-19/h2-4,7-8,11-16,18,21,29H,5-6,9-10,17H2,1H3,(H,27,28)/b16-15+/t18-,21?/m0/s1. The number of hydrogen-bond donors (Lipinski definition) is 2. The van der Waals surface area contributed by atoms with E-state index in [1.54, 1.807) is 24.1 Å². The molecule has 30 heavy (non-hydrogen) atoms. The first-order valence-electron chi connectivity index (χ1n) is 10.6. The molecule has 0 fully saturated rings. The van der Waals surface area contributed by atoms with E-state index >= 15 is 0 Å². The van der Waals surface area contributed by atoms with Crippen LogP contribution in [0.4, 0.5) is 4.39 Å². The van der Waals surface area contributed by atoms with Crippen molar-refractivity contribution < 1.29 is 4.39 Å². The van der Waals surface area contributed by atoms with Crippen molar-refractivity contribution in [1.82, 2.24) is 14.9 Å². The molecule has 5 heteroatoms. The van der Waals surface area contributed by atoms with Gasteiger partial charge in [-0.1, -0.05) is 60.8 Å². The predicted molar refractivity (Wildman–Crippen MR) is 124 cm³/mol. The highest BCUT2D eigenvalue weighted by atomic mass is 32.2. The lowest BCUT2D eigenvalue weighted by Crippen LogP contribution is -2.08. The minimum atomic E-state index is -0.179. The molecule has 3 nitrogen and oxygen atoms in total. The van der Waals surface area contributed by atoms with Gasteiger partial charge in [-0.15, -0.1) is 0 Å². The van der Waals surface area contributed by atoms with Crippen molar-refractivity contribution in [2.24, 2.45) is 0 Å². The maximum absolute atomic E-state index is 13.2. The third kappa shape index (κ3) is 5.21. The van der Waals surface area contributed by atoms with Gasteiger partial charge in [0.15, 0.2) is 0 Å². The highest BCUT2D eigenvalue weighted by Gasteiger charge is 2.23. The molecule has 3 aromatic rings. The lowest BCUT2D eigenvalue weighted by Gasteiger charge is -2.14. The quantitative estimate of drug-likeness (QED) is 0.335. The molecular formula is C25H28FN3S. The van der Waals surface area contributed by atoms with Crippen LogP contribution in [0.15, 0.2) is 60.0 Å². The van der Waals surface area contributed by atoms with E-state index in [0.29, 0.717) is 5.92 Å². The van der Waals surface area contributed by atoms with Crippen molar-refractivity contribution in [3.63, 3.8) is 0 Å². The number of aromatic amines is 1. The maximum Gasteiger partial charge on any atom is 0.123 e. The number of benzene rings is 2. The van der Waals surface area contributed by atoms with Gasteiger partial charge in [0, 0.05) is 23.2 Å². The van der Waals surface area contributed by atoms with Crippen LogP contribution in [-0.4, -0.2) is 10.2 Å². The van der Waals surface area contributed by atoms with Crippen molar-refractivity contribution in [3.8, 4) is 0 Å². The summed E-state index contributed by atoms with van der Waals surface area (Å²) in [4.78, 5) is 0. The molecule has 1 aromatic heterocycles. The van der Waals surface area contributed by atoms with Crippen LogP contribution in [0.1, 0.15) is 66.2 Å². The number of halogens is 1. The molecule has 0 saturated carbocycles. The van der Waals surface area contributed by atoms with E-state index in [0.717, 1.165) is 25.0 Å². The Morgan fingerprint density at radius 2 is 1.97 bits per heavy atom. The molecule has 4 rings (SSSR count). The lowest BCUT2D eigenvalue weighted by atomic mass is 9.91. The maximum atomic E-state index is 13.2. The number of rotatable bonds is 7. The summed E-state index contributed by atoms with van der Waals surface area (Å²) in [5.74, 6) is 0.230. The second-order valence-electron chi connectivity index (χ2n) is 7.95. The second-order valence-corrected chi connectivity index (χ2v) is 8.69. The van der Waals surface area contributed by atoms with Gasteiger partial charge in [0.25, 0.3) is 0 Å². The van der Waals surface area contributed by atoms with Gasteiger partial charge in [-0.2, -0.15) is 5.10 Å². The molecular weight excluding hydrogens is 393 g/mol. The zero-order valence-electron chi connectivity index (χ0n) is 17.3. The second kappa shape index (κ2) is 10.1. The van der Waals surface area contributed by atoms with Crippen LogP contribution in [0.3, 0.4) is 0 Å². The first kappa shape index (κ1) is 20.9. The summed E-state index contributed by atoms with van der Waals surface area (Å²) in [6, 6.07) is 17.6. The van der Waals surface area contributed by atoms with Crippen molar-refractivity contribution in [1.29, 1.82) is 0 Å². The number of nitrogens with zero attached hydrogens (tertiary/aromatic N) is 1. The molecule has 2 N–H and O–H groups in total. The van der Waals surface area contributed by atoms with Gasteiger partial charge in [-0.05, 0) is 67.4 Å². The van der Waals surface area contributed by atoms with Crippen molar-refractivity contribution >= 4 is 18.0 Å². The van der Waals surface area contributed by atoms with Crippen LogP contribution in [0, 0.1) is 5.82 Å². The molecule has 1 heterocycles.